The molecule has 1 aromatic heterocycles. The lowest BCUT2D eigenvalue weighted by molar-refractivity contribution is -0.117. The minimum atomic E-state index is -0.0836. The lowest BCUT2D eigenvalue weighted by Gasteiger charge is -2.15. The Morgan fingerprint density at radius 2 is 1.75 bits per heavy atom. The van der Waals surface area contributed by atoms with Gasteiger partial charge >= 0.3 is 0 Å². The van der Waals surface area contributed by atoms with E-state index in [0.29, 0.717) is 18.7 Å². The minimum Gasteiger partial charge on any atom is -0.348 e. The van der Waals surface area contributed by atoms with Crippen molar-refractivity contribution in [3.8, 4) is 0 Å². The Bertz CT molecular complexity index is 841. The van der Waals surface area contributed by atoms with Crippen molar-refractivity contribution < 1.29 is 9.59 Å². The number of anilines is 1. The van der Waals surface area contributed by atoms with Crippen molar-refractivity contribution in [1.82, 2.24) is 10.2 Å². The van der Waals surface area contributed by atoms with Crippen molar-refractivity contribution in [2.45, 2.75) is 45.1 Å². The van der Waals surface area contributed by atoms with Gasteiger partial charge in [0.2, 0.25) is 5.91 Å². The summed E-state index contributed by atoms with van der Waals surface area (Å²) in [6.07, 6.45) is 6.49. The zero-order valence-corrected chi connectivity index (χ0v) is 16.9. The molecule has 2 aromatic rings. The summed E-state index contributed by atoms with van der Waals surface area (Å²) < 4.78 is 0. The van der Waals surface area contributed by atoms with Gasteiger partial charge in [-0.1, -0.05) is 30.3 Å². The molecule has 6 heteroatoms. The number of aryl methyl sites for hydroxylation is 1. The lowest BCUT2D eigenvalue weighted by atomic mass is 9.95. The van der Waals surface area contributed by atoms with Gasteiger partial charge in [0, 0.05) is 11.4 Å². The number of likely N-dealkylation sites (tertiary alicyclic amines) is 1. The highest BCUT2D eigenvalue weighted by Gasteiger charge is 2.26. The van der Waals surface area contributed by atoms with Crippen LogP contribution in [-0.4, -0.2) is 36.3 Å². The van der Waals surface area contributed by atoms with Gasteiger partial charge < -0.3 is 10.6 Å². The van der Waals surface area contributed by atoms with Gasteiger partial charge in [-0.2, -0.15) is 0 Å². The van der Waals surface area contributed by atoms with Gasteiger partial charge in [-0.15, -0.1) is 11.3 Å². The highest BCUT2D eigenvalue weighted by atomic mass is 32.1. The molecule has 0 unspecified atom stereocenters. The Morgan fingerprint density at radius 1 is 1.00 bits per heavy atom. The smallest absolute Gasteiger partial charge is 0.254 e. The van der Waals surface area contributed by atoms with Crippen molar-refractivity contribution in [3.05, 3.63) is 51.9 Å². The van der Waals surface area contributed by atoms with E-state index in [1.165, 1.54) is 4.88 Å². The van der Waals surface area contributed by atoms with E-state index in [1.54, 1.807) is 11.3 Å². The maximum Gasteiger partial charge on any atom is 0.254 e. The first kappa shape index (κ1) is 19.2. The third-order valence-corrected chi connectivity index (χ3v) is 6.72. The highest BCUT2D eigenvalue weighted by Crippen LogP contribution is 2.38. The van der Waals surface area contributed by atoms with E-state index in [4.69, 9.17) is 0 Å². The summed E-state index contributed by atoms with van der Waals surface area (Å²) >= 11 is 1.59. The largest absolute Gasteiger partial charge is 0.348 e. The van der Waals surface area contributed by atoms with Gasteiger partial charge in [0.15, 0.2) is 0 Å². The fourth-order valence-electron chi connectivity index (χ4n) is 4.07. The Hall–Kier alpha value is -2.18. The number of carbonyl (C=O) groups is 2. The monoisotopic (exact) mass is 397 g/mol. The average Bonchev–Trinajstić information content (AvgIpc) is 3.34. The molecule has 2 N–H and O–H groups in total. The molecule has 0 spiro atoms. The second kappa shape index (κ2) is 8.88. The molecule has 28 heavy (non-hydrogen) atoms. The van der Waals surface area contributed by atoms with Crippen LogP contribution in [0.5, 0.6) is 0 Å². The van der Waals surface area contributed by atoms with E-state index in [0.717, 1.165) is 67.7 Å². The number of nitrogens with zero attached hydrogens (tertiary/aromatic N) is 1. The van der Waals surface area contributed by atoms with E-state index in [1.807, 2.05) is 30.3 Å². The predicted octanol–water partition coefficient (Wildman–Crippen LogP) is 3.59. The average molecular weight is 398 g/mol. The lowest BCUT2D eigenvalue weighted by Crippen LogP contribution is -2.31. The first-order valence-electron chi connectivity index (χ1n) is 10.2. The molecule has 1 aliphatic heterocycles. The van der Waals surface area contributed by atoms with Gasteiger partial charge in [0.25, 0.3) is 5.91 Å². The second-order valence-electron chi connectivity index (χ2n) is 7.61. The third kappa shape index (κ3) is 4.45. The van der Waals surface area contributed by atoms with Crippen LogP contribution in [0.1, 0.15) is 52.0 Å². The van der Waals surface area contributed by atoms with Crippen LogP contribution in [0.2, 0.25) is 0 Å². The van der Waals surface area contributed by atoms with E-state index >= 15 is 0 Å². The molecule has 2 heterocycles. The Balaban J connectivity index is 1.50. The number of carbonyl (C=O) groups excluding carboxylic acids is 2. The van der Waals surface area contributed by atoms with Gasteiger partial charge in [-0.3, -0.25) is 14.5 Å². The fourth-order valence-corrected chi connectivity index (χ4v) is 5.37. The zero-order chi connectivity index (χ0) is 19.3. The number of hydrogen-bond acceptors (Lipinski definition) is 4. The molecule has 1 saturated heterocycles. The number of benzene rings is 1. The van der Waals surface area contributed by atoms with Crippen LogP contribution in [0.4, 0.5) is 5.00 Å². The summed E-state index contributed by atoms with van der Waals surface area (Å²) in [5, 5.41) is 6.82. The molecule has 2 aliphatic rings. The van der Waals surface area contributed by atoms with Crippen molar-refractivity contribution in [2.75, 3.05) is 25.0 Å². The topological polar surface area (TPSA) is 61.4 Å². The summed E-state index contributed by atoms with van der Waals surface area (Å²) in [6, 6.07) is 9.91. The van der Waals surface area contributed by atoms with Crippen LogP contribution in [0.3, 0.4) is 0 Å². The molecule has 0 atom stereocenters. The number of hydrogen-bond donors (Lipinski definition) is 2. The third-order valence-electron chi connectivity index (χ3n) is 5.51. The van der Waals surface area contributed by atoms with Crippen LogP contribution in [0.25, 0.3) is 0 Å². The number of amides is 2. The molecule has 0 radical (unpaired) electrons. The van der Waals surface area contributed by atoms with Crippen LogP contribution < -0.4 is 10.6 Å². The second-order valence-corrected chi connectivity index (χ2v) is 8.72. The van der Waals surface area contributed by atoms with Crippen LogP contribution >= 0.6 is 11.3 Å². The maximum absolute atomic E-state index is 13.0. The van der Waals surface area contributed by atoms with Crippen molar-refractivity contribution >= 4 is 28.2 Å². The molecule has 2 amide bonds. The predicted molar refractivity (Wildman–Crippen MR) is 113 cm³/mol. The fraction of sp³-hybridized carbons (Fsp3) is 0.455. The van der Waals surface area contributed by atoms with Gasteiger partial charge in [-0.05, 0) is 62.7 Å². The first-order valence-corrected chi connectivity index (χ1v) is 11.0. The summed E-state index contributed by atoms with van der Waals surface area (Å²) in [5.74, 6) is -0.0997. The quantitative estimate of drug-likeness (QED) is 0.783. The van der Waals surface area contributed by atoms with Crippen LogP contribution in [-0.2, 0) is 24.2 Å². The molecule has 1 aliphatic carbocycles. The summed E-state index contributed by atoms with van der Waals surface area (Å²) in [5.41, 5.74) is 2.89. The molecule has 0 saturated carbocycles. The molecule has 5 nitrogen and oxygen atoms in total. The Labute approximate surface area is 170 Å². The van der Waals surface area contributed by atoms with Crippen LogP contribution in [0, 0.1) is 0 Å². The van der Waals surface area contributed by atoms with Crippen molar-refractivity contribution in [3.63, 3.8) is 0 Å². The Morgan fingerprint density at radius 3 is 2.54 bits per heavy atom. The van der Waals surface area contributed by atoms with Crippen molar-refractivity contribution in [2.24, 2.45) is 0 Å². The maximum atomic E-state index is 13.0. The molecule has 148 valence electrons. The summed E-state index contributed by atoms with van der Waals surface area (Å²) in [4.78, 5) is 29.0. The standard InChI is InChI=1S/C22H27N3O2S/c26-19(15-25-12-6-7-13-25)24-22-20(17-10-4-5-11-18(17)28-22)21(27)23-14-16-8-2-1-3-9-16/h1-3,8-9H,4-7,10-15H2,(H,23,27)(H,24,26). The molecule has 1 fully saturated rings. The minimum absolute atomic E-state index is 0.0161. The van der Waals surface area contributed by atoms with E-state index in [-0.39, 0.29) is 11.8 Å². The van der Waals surface area contributed by atoms with Gasteiger partial charge in [0.1, 0.15) is 5.00 Å². The number of thiophene rings is 1. The van der Waals surface area contributed by atoms with Gasteiger partial charge in [0.05, 0.1) is 12.1 Å². The zero-order valence-electron chi connectivity index (χ0n) is 16.1. The number of fused-ring (bicyclic) bond motifs is 1. The Kier molecular flexibility index (Phi) is 6.07. The van der Waals surface area contributed by atoms with E-state index in [2.05, 4.69) is 15.5 Å². The highest BCUT2D eigenvalue weighted by molar-refractivity contribution is 7.17. The van der Waals surface area contributed by atoms with Gasteiger partial charge in [-0.25, -0.2) is 0 Å². The number of nitrogens with one attached hydrogen (secondary N) is 2. The van der Waals surface area contributed by atoms with E-state index in [9.17, 15) is 9.59 Å². The first-order chi connectivity index (χ1) is 13.7. The van der Waals surface area contributed by atoms with Crippen LogP contribution in [0.15, 0.2) is 30.3 Å². The molecular weight excluding hydrogens is 370 g/mol. The van der Waals surface area contributed by atoms with Crippen molar-refractivity contribution in [1.29, 1.82) is 0 Å². The van der Waals surface area contributed by atoms with E-state index < -0.39 is 0 Å². The molecule has 4 rings (SSSR count). The number of rotatable bonds is 6. The molecule has 1 aromatic carbocycles. The normalized spacial score (nSPS) is 16.6. The molecule has 0 bridgehead atoms. The summed E-state index contributed by atoms with van der Waals surface area (Å²) in [7, 11) is 0. The SMILES string of the molecule is O=C(CN1CCCC1)Nc1sc2c(c1C(=O)NCc1ccccc1)CCCC2. The summed E-state index contributed by atoms with van der Waals surface area (Å²) in [6.45, 7) is 2.87. The molecular formula is C22H27N3O2S.